The number of para-hydroxylation sites is 3. The number of aryl methyl sites for hydroxylation is 1. The molecule has 9 aromatic carbocycles. The van der Waals surface area contributed by atoms with Gasteiger partial charge in [-0.15, -0.1) is 0 Å². The minimum absolute atomic E-state index is 0.120. The molecule has 0 N–H and O–H groups in total. The van der Waals surface area contributed by atoms with Crippen LogP contribution in [0.15, 0.2) is 174 Å². The summed E-state index contributed by atoms with van der Waals surface area (Å²) in [5, 5.41) is 5.88. The first-order valence-electron chi connectivity index (χ1n) is 24.1. The number of rotatable bonds is 6. The van der Waals surface area contributed by atoms with E-state index in [-0.39, 0.29) is 17.4 Å². The molecule has 70 heavy (non-hydrogen) atoms. The maximum Gasteiger partial charge on any atom is 0.417 e. The summed E-state index contributed by atoms with van der Waals surface area (Å²) in [5.74, 6) is 0.368. The van der Waals surface area contributed by atoms with Crippen LogP contribution in [0.1, 0.15) is 67.3 Å². The van der Waals surface area contributed by atoms with Crippen LogP contribution in [0.4, 0.5) is 13.2 Å². The molecule has 0 fully saturated rings. The normalized spacial score (nSPS) is 12.9. The molecule has 0 radical (unpaired) electrons. The Bertz CT molecular complexity index is 4140. The van der Waals surface area contributed by atoms with Crippen LogP contribution in [-0.4, -0.2) is 9.13 Å². The van der Waals surface area contributed by atoms with Crippen LogP contribution < -0.4 is 4.74 Å². The van der Waals surface area contributed by atoms with E-state index in [0.717, 1.165) is 121 Å². The average Bonchev–Trinajstić information content (AvgIpc) is 4.03. The molecule has 4 heterocycles. The van der Waals surface area contributed by atoms with Gasteiger partial charge in [-0.05, 0) is 106 Å². The van der Waals surface area contributed by atoms with Crippen LogP contribution in [0.2, 0.25) is 0 Å². The molecule has 0 bridgehead atoms. The Hall–Kier alpha value is -8.03. The SMILES string of the molecule is Cc1ccccc1-c1c(C(C)C)c(-n2c3ccccc3c3c4oc5ccccc5c4ccc32)c(C(C)C)c(-c2ccccc2C(F)(F)F)c1-n1c2ccccc2c2c3c(ccc21)-c1ccccc1CO3. The highest BCUT2D eigenvalue weighted by atomic mass is 19.4. The number of hydrogen-bond acceptors (Lipinski definition) is 2. The summed E-state index contributed by atoms with van der Waals surface area (Å²) in [7, 11) is 0. The molecular formula is C63H47F3N2O2. The van der Waals surface area contributed by atoms with Crippen molar-refractivity contribution in [1.29, 1.82) is 0 Å². The summed E-state index contributed by atoms with van der Waals surface area (Å²) in [6.07, 6.45) is -4.68. The van der Waals surface area contributed by atoms with Gasteiger partial charge in [0.2, 0.25) is 0 Å². The van der Waals surface area contributed by atoms with E-state index >= 15 is 13.2 Å². The molecule has 0 atom stereocenters. The van der Waals surface area contributed by atoms with Gasteiger partial charge in [-0.25, -0.2) is 0 Å². The third-order valence-electron chi connectivity index (χ3n) is 14.7. The summed E-state index contributed by atoms with van der Waals surface area (Å²) < 4.78 is 66.3. The predicted molar refractivity (Wildman–Crippen MR) is 281 cm³/mol. The molecule has 12 aromatic rings. The van der Waals surface area contributed by atoms with E-state index in [1.807, 2.05) is 54.6 Å². The molecule has 0 unspecified atom stereocenters. The maximum absolute atomic E-state index is 16.0. The first-order chi connectivity index (χ1) is 34.0. The molecule has 1 aliphatic heterocycles. The average molecular weight is 921 g/mol. The van der Waals surface area contributed by atoms with E-state index in [4.69, 9.17) is 9.15 Å². The van der Waals surface area contributed by atoms with E-state index in [1.54, 1.807) is 12.1 Å². The van der Waals surface area contributed by atoms with Crippen LogP contribution in [0, 0.1) is 6.92 Å². The monoisotopic (exact) mass is 920 g/mol. The fraction of sp³-hybridized carbons (Fsp3) is 0.143. The van der Waals surface area contributed by atoms with Gasteiger partial charge in [0.25, 0.3) is 0 Å². The van der Waals surface area contributed by atoms with Crippen molar-refractivity contribution in [3.05, 3.63) is 198 Å². The van der Waals surface area contributed by atoms with Crippen molar-refractivity contribution >= 4 is 65.6 Å². The minimum Gasteiger partial charge on any atom is -0.487 e. The number of furan rings is 1. The standard InChI is InChI=1S/C63H47F3N2O2/c1-35(2)53-57(39-20-8-6-18-37(39)5)60(68-48-27-15-11-24-45(48)55-50(68)32-30-42-40-21-9-7-19-38(40)34-69-61(42)55)58(44-23-10-14-26-47(44)63(64,65)66)54(36(3)4)59(53)67-49-28-16-12-25-46(49)56-51(67)33-31-43-41-22-13-17-29-52(41)70-62(43)56/h6-33,35-36H,34H2,1-5H3. The van der Waals surface area contributed by atoms with E-state index in [0.29, 0.717) is 17.9 Å². The summed E-state index contributed by atoms with van der Waals surface area (Å²) in [6, 6.07) is 56.1. The molecule has 1 aliphatic rings. The predicted octanol–water partition coefficient (Wildman–Crippen LogP) is 18.2. The second-order valence-corrected chi connectivity index (χ2v) is 19.4. The first-order valence-corrected chi connectivity index (χ1v) is 24.1. The summed E-state index contributed by atoms with van der Waals surface area (Å²) in [4.78, 5) is 0. The fourth-order valence-corrected chi connectivity index (χ4v) is 11.9. The summed E-state index contributed by atoms with van der Waals surface area (Å²) >= 11 is 0. The van der Waals surface area contributed by atoms with Crippen molar-refractivity contribution in [3.63, 3.8) is 0 Å². The third-order valence-corrected chi connectivity index (χ3v) is 14.7. The number of aromatic nitrogens is 2. The lowest BCUT2D eigenvalue weighted by atomic mass is 9.78. The number of nitrogens with zero attached hydrogens (tertiary/aromatic N) is 2. The van der Waals surface area contributed by atoms with Crippen LogP contribution in [-0.2, 0) is 12.8 Å². The lowest BCUT2D eigenvalue weighted by Gasteiger charge is -2.33. The molecule has 0 spiro atoms. The Morgan fingerprint density at radius 3 is 1.71 bits per heavy atom. The van der Waals surface area contributed by atoms with Crippen molar-refractivity contribution in [2.24, 2.45) is 0 Å². The summed E-state index contributed by atoms with van der Waals surface area (Å²) in [6.45, 7) is 11.2. The highest BCUT2D eigenvalue weighted by molar-refractivity contribution is 6.24. The van der Waals surface area contributed by atoms with Crippen molar-refractivity contribution in [2.45, 2.75) is 59.2 Å². The van der Waals surface area contributed by atoms with Crippen LogP contribution in [0.3, 0.4) is 0 Å². The van der Waals surface area contributed by atoms with Gasteiger partial charge in [0.15, 0.2) is 0 Å². The van der Waals surface area contributed by atoms with Gasteiger partial charge < -0.3 is 18.3 Å². The number of ether oxygens (including phenoxy) is 1. The van der Waals surface area contributed by atoms with Gasteiger partial charge in [0.05, 0.1) is 49.8 Å². The zero-order chi connectivity index (χ0) is 47.7. The lowest BCUT2D eigenvalue weighted by molar-refractivity contribution is -0.137. The smallest absolute Gasteiger partial charge is 0.417 e. The van der Waals surface area contributed by atoms with Gasteiger partial charge in [0, 0.05) is 38.2 Å². The van der Waals surface area contributed by atoms with E-state index in [2.05, 4.69) is 135 Å². The highest BCUT2D eigenvalue weighted by Crippen LogP contribution is 2.56. The second kappa shape index (κ2) is 15.5. The Morgan fingerprint density at radius 2 is 1.01 bits per heavy atom. The van der Waals surface area contributed by atoms with Crippen molar-refractivity contribution in [3.8, 4) is 50.5 Å². The van der Waals surface area contributed by atoms with Crippen LogP contribution in [0.5, 0.6) is 5.75 Å². The Kier molecular flexibility index (Phi) is 9.32. The molecule has 0 saturated heterocycles. The van der Waals surface area contributed by atoms with E-state index in [1.165, 1.54) is 12.1 Å². The summed E-state index contributed by atoms with van der Waals surface area (Å²) in [5.41, 5.74) is 14.6. The molecule has 3 aromatic heterocycles. The highest BCUT2D eigenvalue weighted by Gasteiger charge is 2.39. The molecule has 0 saturated carbocycles. The molecule has 0 aliphatic carbocycles. The van der Waals surface area contributed by atoms with Gasteiger partial charge in [-0.2, -0.15) is 13.2 Å². The first kappa shape index (κ1) is 42.1. The van der Waals surface area contributed by atoms with E-state index < -0.39 is 11.7 Å². The maximum atomic E-state index is 16.0. The van der Waals surface area contributed by atoms with E-state index in [9.17, 15) is 0 Å². The molecule has 7 heteroatoms. The fourth-order valence-electron chi connectivity index (χ4n) is 11.9. The topological polar surface area (TPSA) is 32.2 Å². The van der Waals surface area contributed by atoms with Crippen LogP contribution >= 0.6 is 0 Å². The minimum atomic E-state index is -4.68. The molecule has 0 amide bonds. The number of alkyl halides is 3. The van der Waals surface area contributed by atoms with Crippen molar-refractivity contribution in [1.82, 2.24) is 9.13 Å². The molecular weight excluding hydrogens is 874 g/mol. The Morgan fingerprint density at radius 1 is 0.471 bits per heavy atom. The Labute approximate surface area is 402 Å². The number of fused-ring (bicyclic) bond motifs is 14. The second-order valence-electron chi connectivity index (χ2n) is 19.4. The number of halogens is 3. The molecule has 342 valence electrons. The number of hydrogen-bond donors (Lipinski definition) is 0. The zero-order valence-electron chi connectivity index (χ0n) is 39.4. The quantitative estimate of drug-likeness (QED) is 0.166. The number of benzene rings is 9. The molecule has 4 nitrogen and oxygen atoms in total. The van der Waals surface area contributed by atoms with Crippen molar-refractivity contribution in [2.75, 3.05) is 0 Å². The Balaban J connectivity index is 1.30. The lowest BCUT2D eigenvalue weighted by Crippen LogP contribution is -2.17. The third kappa shape index (κ3) is 5.97. The van der Waals surface area contributed by atoms with Crippen molar-refractivity contribution < 1.29 is 22.3 Å². The van der Waals surface area contributed by atoms with Crippen LogP contribution in [0.25, 0.3) is 110 Å². The van der Waals surface area contributed by atoms with Gasteiger partial charge in [-0.3, -0.25) is 0 Å². The molecule has 13 rings (SSSR count). The zero-order valence-corrected chi connectivity index (χ0v) is 39.4. The van der Waals surface area contributed by atoms with Gasteiger partial charge in [0.1, 0.15) is 23.5 Å². The largest absolute Gasteiger partial charge is 0.487 e. The van der Waals surface area contributed by atoms with Gasteiger partial charge in [-0.1, -0.05) is 149 Å². The van der Waals surface area contributed by atoms with Gasteiger partial charge >= 0.3 is 6.18 Å².